The Morgan fingerprint density at radius 1 is 1.11 bits per heavy atom. The summed E-state index contributed by atoms with van der Waals surface area (Å²) in [5.41, 5.74) is 10.4. The predicted octanol–water partition coefficient (Wildman–Crippen LogP) is 4.76. The van der Waals surface area contributed by atoms with Gasteiger partial charge in [0.05, 0.1) is 25.9 Å². The molecule has 2 aromatic rings. The first kappa shape index (κ1) is 41.0. The highest BCUT2D eigenvalue weighted by atomic mass is 16.7. The Morgan fingerprint density at radius 3 is 2.40 bits per heavy atom. The van der Waals surface area contributed by atoms with Gasteiger partial charge in [-0.2, -0.15) is 5.06 Å². The van der Waals surface area contributed by atoms with Crippen LogP contribution in [-0.4, -0.2) is 106 Å². The molecule has 3 saturated carbocycles. The number of methoxy groups -OCH3 is 1. The number of nitrogens with zero attached hydrogens (tertiary/aromatic N) is 3. The Kier molecular flexibility index (Phi) is 12.9. The van der Waals surface area contributed by atoms with E-state index in [0.29, 0.717) is 40.4 Å². The number of para-hydroxylation sites is 1. The van der Waals surface area contributed by atoms with Gasteiger partial charge in [0.2, 0.25) is 5.91 Å². The summed E-state index contributed by atoms with van der Waals surface area (Å²) >= 11 is 0. The van der Waals surface area contributed by atoms with Crippen LogP contribution in [0.3, 0.4) is 0 Å². The molecule has 53 heavy (non-hydrogen) atoms. The molecule has 2 amide bonds. The van der Waals surface area contributed by atoms with Crippen LogP contribution in [0.4, 0.5) is 5.69 Å². The van der Waals surface area contributed by atoms with Crippen LogP contribution >= 0.6 is 0 Å². The minimum absolute atomic E-state index is 0.00843. The number of fused-ring (bicyclic) bond motifs is 2. The minimum Gasteiger partial charge on any atom is -0.496 e. The number of amides is 2. The number of nitrogens with one attached hydrogen (secondary N) is 2. The van der Waals surface area contributed by atoms with Crippen LogP contribution in [0.15, 0.2) is 36.4 Å². The van der Waals surface area contributed by atoms with Crippen molar-refractivity contribution in [3.05, 3.63) is 47.5 Å². The monoisotopic (exact) mass is 735 g/mol. The maximum atomic E-state index is 14.3. The molecule has 2 aromatic carbocycles. The van der Waals surface area contributed by atoms with Crippen molar-refractivity contribution < 1.29 is 24.3 Å². The van der Waals surface area contributed by atoms with Crippen LogP contribution in [-0.2, 0) is 16.2 Å². The number of ether oxygens (including phenoxy) is 1. The van der Waals surface area contributed by atoms with E-state index < -0.39 is 24.2 Å². The van der Waals surface area contributed by atoms with Crippen LogP contribution in [0.5, 0.6) is 5.75 Å². The van der Waals surface area contributed by atoms with Crippen molar-refractivity contribution in [2.45, 2.75) is 97.7 Å². The van der Waals surface area contributed by atoms with Crippen molar-refractivity contribution in [3.8, 4) is 16.9 Å². The number of carbonyl (C=O) groups is 2. The largest absolute Gasteiger partial charge is 0.496 e. The fraction of sp³-hybridized carbons (Fsp3) is 0.667. The average molecular weight is 735 g/mol. The van der Waals surface area contributed by atoms with Gasteiger partial charge in [0, 0.05) is 67.6 Å². The van der Waals surface area contributed by atoms with E-state index in [4.69, 9.17) is 15.3 Å². The van der Waals surface area contributed by atoms with Crippen LogP contribution in [0, 0.1) is 35.0 Å². The maximum Gasteiger partial charge on any atom is 0.251 e. The third-order valence-corrected chi connectivity index (χ3v) is 12.4. The van der Waals surface area contributed by atoms with E-state index in [-0.39, 0.29) is 37.0 Å². The number of aliphatic hydroxyl groups excluding tert-OH is 1. The van der Waals surface area contributed by atoms with Gasteiger partial charge in [-0.05, 0) is 93.1 Å². The number of carbonyl (C=O) groups excluding carboxylic acids is 2. The van der Waals surface area contributed by atoms with E-state index in [1.807, 2.05) is 63.4 Å². The van der Waals surface area contributed by atoms with Crippen LogP contribution in [0.2, 0.25) is 0 Å². The topological polar surface area (TPSA) is 133 Å². The number of benzene rings is 2. The normalized spacial score (nSPS) is 27.6. The first-order valence-corrected chi connectivity index (χ1v) is 19.5. The molecular formula is C42H66N6O5. The zero-order valence-corrected chi connectivity index (χ0v) is 34.0. The zero-order chi connectivity index (χ0) is 38.9. The summed E-state index contributed by atoms with van der Waals surface area (Å²) in [7, 11) is 9.60. The Bertz CT molecular complexity index is 1580. The van der Waals surface area contributed by atoms with Gasteiger partial charge in [0.25, 0.3) is 5.91 Å². The molecule has 11 nitrogen and oxygen atoms in total. The summed E-state index contributed by atoms with van der Waals surface area (Å²) < 4.78 is 6.11. The minimum atomic E-state index is -0.815. The Balaban J connectivity index is 1.45. The lowest BCUT2D eigenvalue weighted by Crippen LogP contribution is -2.62. The summed E-state index contributed by atoms with van der Waals surface area (Å²) in [6.07, 6.45) is 1.71. The van der Waals surface area contributed by atoms with Crippen molar-refractivity contribution in [1.29, 1.82) is 0 Å². The number of anilines is 1. The second-order valence-electron chi connectivity index (χ2n) is 17.5. The SMILES string of the molecule is COc1c(CN2O[C@@H](CN)[C@@H]([C@H](C)O)[C@H]2C(=O)N[C@H]2C[C@H]3C[C@@H](C2C)C3(C)C)cccc1-c1cc(C(=O)N[C@H](CC(C)C)CN(C)C)cc(N(C)C)c1. The van der Waals surface area contributed by atoms with Crippen molar-refractivity contribution in [2.24, 2.45) is 40.7 Å². The van der Waals surface area contributed by atoms with E-state index in [0.717, 1.165) is 41.8 Å². The molecule has 0 spiro atoms. The van der Waals surface area contributed by atoms with Gasteiger partial charge in [-0.1, -0.05) is 52.8 Å². The van der Waals surface area contributed by atoms with Crippen LogP contribution < -0.4 is 26.0 Å². The lowest BCUT2D eigenvalue weighted by molar-refractivity contribution is -0.175. The number of nitrogens with two attached hydrogens (primary N) is 1. The van der Waals surface area contributed by atoms with E-state index in [9.17, 15) is 14.7 Å². The second kappa shape index (κ2) is 16.7. The molecular weight excluding hydrogens is 668 g/mol. The highest BCUT2D eigenvalue weighted by molar-refractivity contribution is 5.97. The van der Waals surface area contributed by atoms with Crippen LogP contribution in [0.1, 0.15) is 76.7 Å². The highest BCUT2D eigenvalue weighted by Crippen LogP contribution is 2.61. The second-order valence-corrected chi connectivity index (χ2v) is 17.5. The van der Waals surface area contributed by atoms with Crippen molar-refractivity contribution >= 4 is 17.5 Å². The molecule has 6 rings (SSSR count). The number of likely N-dealkylation sites (N-methyl/N-ethyl adjacent to an activating group) is 1. The van der Waals surface area contributed by atoms with Crippen LogP contribution in [0.25, 0.3) is 11.1 Å². The van der Waals surface area contributed by atoms with Gasteiger partial charge >= 0.3 is 0 Å². The lowest BCUT2D eigenvalue weighted by atomic mass is 9.45. The summed E-state index contributed by atoms with van der Waals surface area (Å²) in [6, 6.07) is 11.1. The molecule has 2 bridgehead atoms. The third-order valence-electron chi connectivity index (χ3n) is 12.4. The predicted molar refractivity (Wildman–Crippen MR) is 212 cm³/mol. The van der Waals surface area contributed by atoms with Crippen molar-refractivity contribution in [3.63, 3.8) is 0 Å². The standard InChI is InChI=1S/C42H66N6O5/c1-24(2)15-31(23-46(7)8)44-40(50)29-16-28(17-32(18-29)47(9)10)33-14-12-13-27(39(33)52-11)22-48-38(37(26(4)49)36(21-43)53-48)41(51)45-35-20-30-19-34(25(35)3)42(30,5)6/h12-14,16-18,24-26,30-31,34-38,49H,15,19-23,43H2,1-11H3,(H,44,50)(H,45,51)/t25?,26-,30+,31+,34-,35-,36-,37+,38-/m0/s1. The molecule has 1 unspecified atom stereocenters. The molecule has 9 atom stereocenters. The molecule has 294 valence electrons. The van der Waals surface area contributed by atoms with E-state index in [2.05, 4.69) is 56.2 Å². The average Bonchev–Trinajstić information content (AvgIpc) is 3.46. The molecule has 1 aliphatic heterocycles. The summed E-state index contributed by atoms with van der Waals surface area (Å²) in [5, 5.41) is 19.4. The Labute approximate surface area is 317 Å². The molecule has 0 radical (unpaired) electrons. The Hall–Kier alpha value is -3.22. The van der Waals surface area contributed by atoms with Gasteiger partial charge in [-0.15, -0.1) is 0 Å². The smallest absolute Gasteiger partial charge is 0.251 e. The number of hydrogen-bond acceptors (Lipinski definition) is 9. The zero-order valence-electron chi connectivity index (χ0n) is 34.0. The first-order valence-electron chi connectivity index (χ1n) is 19.5. The van der Waals surface area contributed by atoms with Crippen molar-refractivity contribution in [1.82, 2.24) is 20.6 Å². The van der Waals surface area contributed by atoms with Gasteiger partial charge in [-0.25, -0.2) is 0 Å². The molecule has 5 N–H and O–H groups in total. The van der Waals surface area contributed by atoms with E-state index in [1.165, 1.54) is 6.42 Å². The third kappa shape index (κ3) is 8.70. The fourth-order valence-electron chi connectivity index (χ4n) is 9.49. The summed E-state index contributed by atoms with van der Waals surface area (Å²) in [6.45, 7) is 14.2. The number of hydroxylamine groups is 2. The lowest BCUT2D eigenvalue weighted by Gasteiger charge is -2.62. The first-order chi connectivity index (χ1) is 25.0. The fourth-order valence-corrected chi connectivity index (χ4v) is 9.49. The van der Waals surface area contributed by atoms with Crippen molar-refractivity contribution in [2.75, 3.05) is 53.3 Å². The molecule has 0 aromatic heterocycles. The number of aliphatic hydroxyl groups is 1. The quantitative estimate of drug-likeness (QED) is 0.205. The molecule has 1 heterocycles. The van der Waals surface area contributed by atoms with E-state index in [1.54, 1.807) is 19.1 Å². The van der Waals surface area contributed by atoms with Gasteiger partial charge in [0.1, 0.15) is 11.8 Å². The maximum absolute atomic E-state index is 14.3. The summed E-state index contributed by atoms with van der Waals surface area (Å²) in [5.74, 6) is 1.82. The molecule has 4 aliphatic rings. The molecule has 11 heteroatoms. The van der Waals surface area contributed by atoms with E-state index >= 15 is 0 Å². The number of rotatable bonds is 15. The van der Waals surface area contributed by atoms with Gasteiger partial charge in [-0.3, -0.25) is 14.4 Å². The number of hydrogen-bond donors (Lipinski definition) is 4. The highest BCUT2D eigenvalue weighted by Gasteiger charge is 2.57. The molecule has 3 aliphatic carbocycles. The summed E-state index contributed by atoms with van der Waals surface area (Å²) in [4.78, 5) is 38.6. The van der Waals surface area contributed by atoms with Gasteiger partial charge < -0.3 is 36.0 Å². The Morgan fingerprint density at radius 2 is 1.83 bits per heavy atom. The molecule has 1 saturated heterocycles. The van der Waals surface area contributed by atoms with Gasteiger partial charge in [0.15, 0.2) is 0 Å². The molecule has 4 fully saturated rings.